The highest BCUT2D eigenvalue weighted by Gasteiger charge is 2.13. The summed E-state index contributed by atoms with van der Waals surface area (Å²) in [5.41, 5.74) is 1.20. The number of carbonyl (C=O) groups excluding carboxylic acids is 2. The second-order valence-corrected chi connectivity index (χ2v) is 6.31. The van der Waals surface area contributed by atoms with Gasteiger partial charge in [-0.05, 0) is 36.8 Å². The first-order valence-electron chi connectivity index (χ1n) is 7.14. The molecule has 2 rings (SSSR count). The predicted octanol–water partition coefficient (Wildman–Crippen LogP) is 4.52. The van der Waals surface area contributed by atoms with Crippen LogP contribution in [0.15, 0.2) is 36.4 Å². The van der Waals surface area contributed by atoms with Crippen LogP contribution in [0, 0.1) is 6.92 Å². The van der Waals surface area contributed by atoms with Gasteiger partial charge in [-0.15, -0.1) is 0 Å². The smallest absolute Gasteiger partial charge is 0.344 e. The number of hydrogen-bond donors (Lipinski definition) is 1. The number of ether oxygens (including phenoxy) is 2. The fourth-order valence-electron chi connectivity index (χ4n) is 1.87. The van der Waals surface area contributed by atoms with Gasteiger partial charge < -0.3 is 14.8 Å². The normalized spacial score (nSPS) is 10.2. The van der Waals surface area contributed by atoms with Gasteiger partial charge in [0.25, 0.3) is 5.91 Å². The molecule has 0 bridgehead atoms. The zero-order valence-electron chi connectivity index (χ0n) is 13.1. The number of nitrogens with one attached hydrogen (secondary N) is 1. The van der Waals surface area contributed by atoms with Crippen molar-refractivity contribution in [1.82, 2.24) is 0 Å². The quantitative estimate of drug-likeness (QED) is 0.722. The molecule has 132 valence electrons. The molecule has 0 saturated heterocycles. The average molecular weight is 403 g/mol. The van der Waals surface area contributed by atoms with E-state index in [0.717, 1.165) is 5.56 Å². The number of benzene rings is 2. The number of rotatable bonds is 6. The van der Waals surface area contributed by atoms with Crippen molar-refractivity contribution in [3.05, 3.63) is 57.0 Å². The Morgan fingerprint density at radius 3 is 2.36 bits per heavy atom. The maximum absolute atomic E-state index is 11.8. The Labute approximate surface area is 159 Å². The predicted molar refractivity (Wildman–Crippen MR) is 97.7 cm³/mol. The minimum atomic E-state index is -0.676. The SMILES string of the molecule is Cc1cccc(OCC(=O)OCC(=O)Nc2c(Cl)cc(Cl)cc2Cl)c1. The summed E-state index contributed by atoms with van der Waals surface area (Å²) in [6, 6.07) is 10.1. The number of halogens is 3. The number of hydrogen-bond acceptors (Lipinski definition) is 4. The molecule has 0 spiro atoms. The van der Waals surface area contributed by atoms with Gasteiger partial charge in [0.15, 0.2) is 13.2 Å². The van der Waals surface area contributed by atoms with E-state index in [-0.39, 0.29) is 22.3 Å². The number of anilines is 1. The lowest BCUT2D eigenvalue weighted by Crippen LogP contribution is -2.24. The summed E-state index contributed by atoms with van der Waals surface area (Å²) in [6.07, 6.45) is 0. The van der Waals surface area contributed by atoms with E-state index >= 15 is 0 Å². The first-order valence-corrected chi connectivity index (χ1v) is 8.28. The molecule has 8 heteroatoms. The van der Waals surface area contributed by atoms with E-state index in [9.17, 15) is 9.59 Å². The number of amides is 1. The van der Waals surface area contributed by atoms with E-state index in [1.165, 1.54) is 12.1 Å². The minimum absolute atomic E-state index is 0.181. The largest absolute Gasteiger partial charge is 0.482 e. The molecule has 0 aliphatic carbocycles. The molecule has 2 aromatic carbocycles. The van der Waals surface area contributed by atoms with Gasteiger partial charge in [-0.2, -0.15) is 0 Å². The Bertz CT molecular complexity index is 772. The summed E-state index contributed by atoms with van der Waals surface area (Å²) >= 11 is 17.7. The van der Waals surface area contributed by atoms with Gasteiger partial charge in [-0.25, -0.2) is 4.79 Å². The highest BCUT2D eigenvalue weighted by molar-refractivity contribution is 6.42. The van der Waals surface area contributed by atoms with Gasteiger partial charge in [-0.1, -0.05) is 46.9 Å². The molecule has 5 nitrogen and oxygen atoms in total. The molecule has 0 heterocycles. The van der Waals surface area contributed by atoms with Crippen LogP contribution in [0.2, 0.25) is 15.1 Å². The Balaban J connectivity index is 1.81. The molecule has 0 fully saturated rings. The standard InChI is InChI=1S/C17H14Cl3NO4/c1-10-3-2-4-12(5-10)24-9-16(23)25-8-15(22)21-17-13(19)6-11(18)7-14(17)20/h2-7H,8-9H2,1H3,(H,21,22). The molecule has 0 aliphatic rings. The lowest BCUT2D eigenvalue weighted by molar-refractivity contribution is -0.149. The first kappa shape index (κ1) is 19.4. The van der Waals surface area contributed by atoms with Crippen LogP contribution in [0.3, 0.4) is 0 Å². The third kappa shape index (κ3) is 6.12. The van der Waals surface area contributed by atoms with Crippen LogP contribution in [-0.2, 0) is 14.3 Å². The van der Waals surface area contributed by atoms with Crippen LogP contribution >= 0.6 is 34.8 Å². The molecule has 1 amide bonds. The van der Waals surface area contributed by atoms with E-state index in [1.54, 1.807) is 12.1 Å². The maximum atomic E-state index is 11.8. The number of esters is 1. The third-order valence-corrected chi connectivity index (χ3v) is 3.80. The summed E-state index contributed by atoms with van der Waals surface area (Å²) in [5.74, 6) is -0.721. The van der Waals surface area contributed by atoms with Crippen molar-refractivity contribution in [2.24, 2.45) is 0 Å². The molecule has 0 aromatic heterocycles. The van der Waals surface area contributed by atoms with Crippen LogP contribution in [-0.4, -0.2) is 25.1 Å². The molecule has 25 heavy (non-hydrogen) atoms. The Morgan fingerprint density at radius 1 is 1.04 bits per heavy atom. The Morgan fingerprint density at radius 2 is 1.72 bits per heavy atom. The molecule has 0 atom stereocenters. The maximum Gasteiger partial charge on any atom is 0.344 e. The van der Waals surface area contributed by atoms with E-state index in [1.807, 2.05) is 19.1 Å². The van der Waals surface area contributed by atoms with Crippen molar-refractivity contribution in [1.29, 1.82) is 0 Å². The van der Waals surface area contributed by atoms with Crippen LogP contribution in [0.25, 0.3) is 0 Å². The van der Waals surface area contributed by atoms with Crippen LogP contribution in [0.1, 0.15) is 5.56 Å². The molecule has 0 unspecified atom stereocenters. The summed E-state index contributed by atoms with van der Waals surface area (Å²) in [6.45, 7) is 1.10. The van der Waals surface area contributed by atoms with Gasteiger partial charge in [0.05, 0.1) is 15.7 Å². The molecular formula is C17H14Cl3NO4. The second kappa shape index (κ2) is 8.94. The highest BCUT2D eigenvalue weighted by Crippen LogP contribution is 2.33. The lowest BCUT2D eigenvalue weighted by atomic mass is 10.2. The van der Waals surface area contributed by atoms with Gasteiger partial charge in [0.2, 0.25) is 0 Å². The van der Waals surface area contributed by atoms with Gasteiger partial charge in [0.1, 0.15) is 5.75 Å². The first-order chi connectivity index (χ1) is 11.8. The molecule has 1 N–H and O–H groups in total. The van der Waals surface area contributed by atoms with E-state index < -0.39 is 18.5 Å². The Hall–Kier alpha value is -1.95. The summed E-state index contributed by atoms with van der Waals surface area (Å²) in [5, 5.41) is 3.16. The Kier molecular flexibility index (Phi) is 6.93. The topological polar surface area (TPSA) is 64.6 Å². The molecular weight excluding hydrogens is 389 g/mol. The molecule has 0 radical (unpaired) electrons. The van der Waals surface area contributed by atoms with Crippen molar-refractivity contribution in [2.75, 3.05) is 18.5 Å². The highest BCUT2D eigenvalue weighted by atomic mass is 35.5. The van der Waals surface area contributed by atoms with E-state index in [0.29, 0.717) is 10.8 Å². The fraction of sp³-hybridized carbons (Fsp3) is 0.176. The third-order valence-electron chi connectivity index (χ3n) is 2.98. The van der Waals surface area contributed by atoms with Crippen molar-refractivity contribution in [3.63, 3.8) is 0 Å². The summed E-state index contributed by atoms with van der Waals surface area (Å²) < 4.78 is 10.1. The van der Waals surface area contributed by atoms with Crippen molar-refractivity contribution in [3.8, 4) is 5.75 Å². The zero-order valence-corrected chi connectivity index (χ0v) is 15.4. The summed E-state index contributed by atoms with van der Waals surface area (Å²) in [7, 11) is 0. The van der Waals surface area contributed by atoms with Crippen molar-refractivity contribution in [2.45, 2.75) is 6.92 Å². The molecule has 0 saturated carbocycles. The van der Waals surface area contributed by atoms with Crippen molar-refractivity contribution >= 4 is 52.4 Å². The van der Waals surface area contributed by atoms with Crippen LogP contribution in [0.5, 0.6) is 5.75 Å². The zero-order chi connectivity index (χ0) is 18.4. The van der Waals surface area contributed by atoms with Crippen molar-refractivity contribution < 1.29 is 19.1 Å². The van der Waals surface area contributed by atoms with Crippen LogP contribution < -0.4 is 10.1 Å². The lowest BCUT2D eigenvalue weighted by Gasteiger charge is -2.10. The molecule has 0 aliphatic heterocycles. The number of carbonyl (C=O) groups is 2. The average Bonchev–Trinajstić information content (AvgIpc) is 2.54. The van der Waals surface area contributed by atoms with Gasteiger partial charge in [0, 0.05) is 5.02 Å². The molecule has 2 aromatic rings. The van der Waals surface area contributed by atoms with Crippen LogP contribution in [0.4, 0.5) is 5.69 Å². The van der Waals surface area contributed by atoms with Gasteiger partial charge in [-0.3, -0.25) is 4.79 Å². The second-order valence-electron chi connectivity index (χ2n) is 5.06. The summed E-state index contributed by atoms with van der Waals surface area (Å²) in [4.78, 5) is 23.5. The monoisotopic (exact) mass is 401 g/mol. The number of aryl methyl sites for hydroxylation is 1. The van der Waals surface area contributed by atoms with E-state index in [4.69, 9.17) is 44.3 Å². The minimum Gasteiger partial charge on any atom is -0.482 e. The van der Waals surface area contributed by atoms with Gasteiger partial charge >= 0.3 is 5.97 Å². The van der Waals surface area contributed by atoms with E-state index in [2.05, 4.69) is 5.32 Å². The fourth-order valence-corrected chi connectivity index (χ4v) is 2.78.